The van der Waals surface area contributed by atoms with E-state index in [0.29, 0.717) is 21.6 Å². The fourth-order valence-corrected chi connectivity index (χ4v) is 5.49. The number of carbonyl (C=O) groups excluding carboxylic acids is 1. The number of aromatic nitrogens is 2. The number of amides is 1. The zero-order valence-electron chi connectivity index (χ0n) is 20.3. The van der Waals surface area contributed by atoms with E-state index in [1.807, 2.05) is 74.6 Å². The summed E-state index contributed by atoms with van der Waals surface area (Å²) in [5.74, 6) is -0.0278. The molecule has 5 rings (SSSR count). The number of nitrogens with zero attached hydrogens (tertiary/aromatic N) is 3. The van der Waals surface area contributed by atoms with Crippen molar-refractivity contribution in [1.29, 1.82) is 0 Å². The number of halogens is 2. The molecule has 2 aromatic carbocycles. The molecule has 0 spiro atoms. The molecule has 0 bridgehead atoms. The van der Waals surface area contributed by atoms with Crippen LogP contribution in [-0.4, -0.2) is 20.6 Å². The summed E-state index contributed by atoms with van der Waals surface area (Å²) in [6.07, 6.45) is 4.18. The van der Waals surface area contributed by atoms with Gasteiger partial charge in [-0.3, -0.25) is 9.78 Å². The number of pyridine rings is 1. The summed E-state index contributed by atoms with van der Waals surface area (Å²) in [6.45, 7) is 3.81. The maximum absolute atomic E-state index is 12.0. The summed E-state index contributed by atoms with van der Waals surface area (Å²) < 4.78 is 2.06. The minimum atomic E-state index is -0.236. The van der Waals surface area contributed by atoms with Crippen molar-refractivity contribution in [3.63, 3.8) is 0 Å². The maximum Gasteiger partial charge on any atom is 0.224 e. The van der Waals surface area contributed by atoms with Gasteiger partial charge in [0.2, 0.25) is 5.91 Å². The van der Waals surface area contributed by atoms with Gasteiger partial charge in [0.25, 0.3) is 0 Å². The number of nitrogens with one attached hydrogen (secondary N) is 2. The lowest BCUT2D eigenvalue weighted by atomic mass is 10.00. The molecule has 1 aliphatic rings. The first-order chi connectivity index (χ1) is 17.9. The third-order valence-corrected chi connectivity index (χ3v) is 7.29. The Balaban J connectivity index is 1.63. The van der Waals surface area contributed by atoms with Gasteiger partial charge < -0.3 is 20.1 Å². The Morgan fingerprint density at radius 3 is 2.65 bits per heavy atom. The highest BCUT2D eigenvalue weighted by Gasteiger charge is 2.42. The average Bonchev–Trinajstić information content (AvgIpc) is 3.50. The normalized spacial score (nSPS) is 17.1. The third kappa shape index (κ3) is 4.94. The van der Waals surface area contributed by atoms with Crippen molar-refractivity contribution in [2.45, 2.75) is 32.4 Å². The topological polar surface area (TPSA) is 62.2 Å². The highest BCUT2D eigenvalue weighted by Crippen LogP contribution is 2.43. The molecular weight excluding hydrogens is 525 g/mol. The molecule has 4 aromatic rings. The van der Waals surface area contributed by atoms with Crippen LogP contribution in [0.4, 0.5) is 11.4 Å². The molecule has 0 radical (unpaired) electrons. The van der Waals surface area contributed by atoms with Gasteiger partial charge in [0.15, 0.2) is 5.11 Å². The van der Waals surface area contributed by atoms with Crippen LogP contribution in [0.15, 0.2) is 79.1 Å². The lowest BCUT2D eigenvalue weighted by Crippen LogP contribution is -2.30. The number of anilines is 2. The van der Waals surface area contributed by atoms with E-state index in [2.05, 4.69) is 31.2 Å². The molecule has 3 heterocycles. The predicted octanol–water partition coefficient (Wildman–Crippen LogP) is 7.01. The smallest absolute Gasteiger partial charge is 0.224 e. The van der Waals surface area contributed by atoms with Crippen molar-refractivity contribution in [3.05, 3.63) is 106 Å². The van der Waals surface area contributed by atoms with E-state index in [1.54, 1.807) is 12.3 Å². The van der Waals surface area contributed by atoms with Crippen LogP contribution < -0.4 is 15.5 Å². The third-order valence-electron chi connectivity index (χ3n) is 6.43. The molecule has 1 amide bonds. The molecule has 0 aliphatic carbocycles. The highest BCUT2D eigenvalue weighted by atomic mass is 35.5. The molecule has 9 heteroatoms. The van der Waals surface area contributed by atoms with Crippen LogP contribution in [0.2, 0.25) is 10.0 Å². The second-order valence-corrected chi connectivity index (χ2v) is 10.0. The van der Waals surface area contributed by atoms with Crippen LogP contribution in [0.5, 0.6) is 0 Å². The summed E-state index contributed by atoms with van der Waals surface area (Å²) in [5, 5.41) is 8.16. The lowest BCUT2D eigenvalue weighted by molar-refractivity contribution is -0.115. The minimum absolute atomic E-state index is 0.0278. The first-order valence-electron chi connectivity index (χ1n) is 11.9. The number of thiocarbonyl (C=S) groups is 1. The van der Waals surface area contributed by atoms with Crippen molar-refractivity contribution in [1.82, 2.24) is 14.9 Å². The Labute approximate surface area is 231 Å². The van der Waals surface area contributed by atoms with E-state index in [4.69, 9.17) is 35.4 Å². The molecule has 0 saturated carbocycles. The van der Waals surface area contributed by atoms with Gasteiger partial charge in [-0.1, -0.05) is 36.2 Å². The van der Waals surface area contributed by atoms with Crippen molar-refractivity contribution < 1.29 is 4.79 Å². The van der Waals surface area contributed by atoms with Crippen LogP contribution in [0.25, 0.3) is 5.69 Å². The van der Waals surface area contributed by atoms with E-state index < -0.39 is 0 Å². The fourth-order valence-electron chi connectivity index (χ4n) is 4.64. The fraction of sp³-hybridized carbons (Fsp3) is 0.179. The average molecular weight is 551 g/mol. The van der Waals surface area contributed by atoms with Crippen molar-refractivity contribution >= 4 is 57.8 Å². The number of rotatable bonds is 6. The molecule has 1 aliphatic heterocycles. The lowest BCUT2D eigenvalue weighted by Gasteiger charge is -2.29. The zero-order valence-corrected chi connectivity index (χ0v) is 22.6. The van der Waals surface area contributed by atoms with Crippen LogP contribution in [-0.2, 0) is 4.79 Å². The predicted molar refractivity (Wildman–Crippen MR) is 154 cm³/mol. The Kier molecular flexibility index (Phi) is 7.20. The molecule has 188 valence electrons. The first kappa shape index (κ1) is 25.3. The van der Waals surface area contributed by atoms with E-state index in [9.17, 15) is 4.79 Å². The zero-order chi connectivity index (χ0) is 26.1. The van der Waals surface area contributed by atoms with Gasteiger partial charge in [-0.2, -0.15) is 0 Å². The SMILES string of the molecule is CCC(=O)Nc1ccc(N2C(=S)N[C@H](c3ccccn3)[C@@H]2c2cccn2-c2ccc(Cl)cc2Cl)cc1C. The van der Waals surface area contributed by atoms with E-state index in [1.165, 1.54) is 0 Å². The molecule has 2 aromatic heterocycles. The molecule has 37 heavy (non-hydrogen) atoms. The van der Waals surface area contributed by atoms with E-state index in [-0.39, 0.29) is 18.0 Å². The first-order valence-corrected chi connectivity index (χ1v) is 13.1. The molecule has 6 nitrogen and oxygen atoms in total. The van der Waals surface area contributed by atoms with E-state index >= 15 is 0 Å². The standard InChI is InChI=1S/C28H25Cl2N5OS/c1-3-25(36)32-21-11-10-19(15-17(21)2)35-27(26(33-28(35)37)22-7-4-5-13-31-22)24-8-6-14-34(24)23-12-9-18(29)16-20(23)30/h4-16,26-27H,3H2,1-2H3,(H,32,36)(H,33,37)/t26-,27+/m1/s1. The molecular formula is C28H25Cl2N5OS. The van der Waals surface area contributed by atoms with Gasteiger partial charge in [0.05, 0.1) is 22.4 Å². The van der Waals surface area contributed by atoms with Crippen molar-refractivity contribution in [2.75, 3.05) is 10.2 Å². The van der Waals surface area contributed by atoms with Gasteiger partial charge in [-0.25, -0.2) is 0 Å². The Bertz CT molecular complexity index is 1470. The maximum atomic E-state index is 12.0. The summed E-state index contributed by atoms with van der Waals surface area (Å²) in [5.41, 5.74) is 5.30. The molecule has 1 saturated heterocycles. The molecule has 2 N–H and O–H groups in total. The van der Waals surface area contributed by atoms with Crippen LogP contribution >= 0.6 is 35.4 Å². The minimum Gasteiger partial charge on any atom is -0.351 e. The Morgan fingerprint density at radius 1 is 1.11 bits per heavy atom. The molecule has 2 atom stereocenters. The van der Waals surface area contributed by atoms with Crippen molar-refractivity contribution in [3.8, 4) is 5.69 Å². The second kappa shape index (κ2) is 10.5. The summed E-state index contributed by atoms with van der Waals surface area (Å²) >= 11 is 18.7. The van der Waals surface area contributed by atoms with Gasteiger partial charge >= 0.3 is 0 Å². The van der Waals surface area contributed by atoms with Gasteiger partial charge in [-0.05, 0) is 85.4 Å². The summed E-state index contributed by atoms with van der Waals surface area (Å²) in [4.78, 5) is 18.7. The highest BCUT2D eigenvalue weighted by molar-refractivity contribution is 7.80. The number of aryl methyl sites for hydroxylation is 1. The number of carbonyl (C=O) groups is 1. The molecule has 0 unspecified atom stereocenters. The summed E-state index contributed by atoms with van der Waals surface area (Å²) in [7, 11) is 0. The number of hydrogen-bond donors (Lipinski definition) is 2. The van der Waals surface area contributed by atoms with Crippen molar-refractivity contribution in [2.24, 2.45) is 0 Å². The Hall–Kier alpha value is -3.39. The summed E-state index contributed by atoms with van der Waals surface area (Å²) in [6, 6.07) is 20.9. The van der Waals surface area contributed by atoms with Gasteiger partial charge in [-0.15, -0.1) is 0 Å². The van der Waals surface area contributed by atoms with Crippen LogP contribution in [0.1, 0.15) is 42.4 Å². The molecule has 1 fully saturated rings. The number of hydrogen-bond acceptors (Lipinski definition) is 3. The van der Waals surface area contributed by atoms with Crippen LogP contribution in [0, 0.1) is 6.92 Å². The quantitative estimate of drug-likeness (QED) is 0.253. The van der Waals surface area contributed by atoms with E-state index in [0.717, 1.165) is 34.0 Å². The largest absolute Gasteiger partial charge is 0.351 e. The monoisotopic (exact) mass is 549 g/mol. The van der Waals surface area contributed by atoms with Gasteiger partial charge in [0.1, 0.15) is 6.04 Å². The van der Waals surface area contributed by atoms with Gasteiger partial charge in [0, 0.05) is 40.9 Å². The Morgan fingerprint density at radius 2 is 1.95 bits per heavy atom. The number of benzene rings is 2. The van der Waals surface area contributed by atoms with Crippen LogP contribution in [0.3, 0.4) is 0 Å². The second-order valence-electron chi connectivity index (χ2n) is 8.80.